The largest absolute Gasteiger partial charge is 0.463 e. The van der Waals surface area contributed by atoms with E-state index in [1.807, 2.05) is 0 Å². The molecule has 2 fully saturated rings. The van der Waals surface area contributed by atoms with E-state index < -0.39 is 85.4 Å². The maximum atomic E-state index is 11.9. The van der Waals surface area contributed by atoms with Crippen molar-refractivity contribution in [3.63, 3.8) is 0 Å². The first-order chi connectivity index (χ1) is 16.6. The minimum Gasteiger partial charge on any atom is -0.463 e. The Morgan fingerprint density at radius 1 is 0.971 bits per heavy atom. The van der Waals surface area contributed by atoms with Gasteiger partial charge >= 0.3 is 0 Å². The first-order valence-corrected chi connectivity index (χ1v) is 10.7. The molecule has 15 heteroatoms. The van der Waals surface area contributed by atoms with Gasteiger partial charge in [0.25, 0.3) is 5.69 Å². The lowest BCUT2D eigenvalue weighted by Gasteiger charge is -2.47. The smallest absolute Gasteiger partial charge is 0.269 e. The third kappa shape index (κ3) is 6.03. The second kappa shape index (κ2) is 11.5. The zero-order chi connectivity index (χ0) is 25.9. The Morgan fingerprint density at radius 3 is 2.09 bits per heavy atom. The lowest BCUT2D eigenvalue weighted by Crippen LogP contribution is -2.68. The van der Waals surface area contributed by atoms with E-state index in [1.165, 1.54) is 31.2 Å². The molecule has 0 aromatic heterocycles. The summed E-state index contributed by atoms with van der Waals surface area (Å²) < 4.78 is 22.3. The SMILES string of the molecule is CC(=O)N[C@@H]1[C@H](Oc2ccc([N+](=O)[O-])cc2)O[C@@H](CO)[C@H](O)[C@@H]1O[C@@H]1O[C@@H](CO)[C@H](O)[C@H](O)[C@@H]1O. The van der Waals surface area contributed by atoms with Crippen molar-refractivity contribution in [3.8, 4) is 5.75 Å². The molecular formula is C20H28N2O13. The van der Waals surface area contributed by atoms with Gasteiger partial charge in [0.2, 0.25) is 12.2 Å². The molecule has 0 spiro atoms. The molecule has 0 saturated carbocycles. The summed E-state index contributed by atoms with van der Waals surface area (Å²) in [5.41, 5.74) is -0.201. The highest BCUT2D eigenvalue weighted by atomic mass is 16.7. The first kappa shape index (κ1) is 27.1. The van der Waals surface area contributed by atoms with Crippen LogP contribution in [0.25, 0.3) is 0 Å². The van der Waals surface area contributed by atoms with Crippen molar-refractivity contribution in [2.24, 2.45) is 0 Å². The van der Waals surface area contributed by atoms with Crippen LogP contribution in [-0.4, -0.2) is 116 Å². The van der Waals surface area contributed by atoms with Crippen LogP contribution in [0.1, 0.15) is 6.92 Å². The molecule has 196 valence electrons. The third-order valence-corrected chi connectivity index (χ3v) is 5.66. The number of benzene rings is 1. The van der Waals surface area contributed by atoms with E-state index in [-0.39, 0.29) is 11.4 Å². The number of carbonyl (C=O) groups is 1. The van der Waals surface area contributed by atoms with Crippen molar-refractivity contribution in [3.05, 3.63) is 34.4 Å². The van der Waals surface area contributed by atoms with Crippen LogP contribution in [0.3, 0.4) is 0 Å². The monoisotopic (exact) mass is 504 g/mol. The Hall–Kier alpha value is -2.47. The molecule has 2 aliphatic rings. The number of amides is 1. The molecule has 1 amide bonds. The molecule has 2 heterocycles. The van der Waals surface area contributed by atoms with Gasteiger partial charge in [0.05, 0.1) is 18.1 Å². The second-order valence-corrected chi connectivity index (χ2v) is 8.11. The van der Waals surface area contributed by atoms with Gasteiger partial charge in [0.1, 0.15) is 54.5 Å². The number of nitrogens with zero attached hydrogens (tertiary/aromatic N) is 1. The highest BCUT2D eigenvalue weighted by molar-refractivity contribution is 5.73. The highest BCUT2D eigenvalue weighted by Gasteiger charge is 2.52. The van der Waals surface area contributed by atoms with Gasteiger partial charge in [-0.1, -0.05) is 0 Å². The fourth-order valence-electron chi connectivity index (χ4n) is 3.83. The van der Waals surface area contributed by atoms with Crippen LogP contribution in [0.15, 0.2) is 24.3 Å². The fourth-order valence-corrected chi connectivity index (χ4v) is 3.83. The van der Waals surface area contributed by atoms with Gasteiger partial charge in [0, 0.05) is 19.1 Å². The van der Waals surface area contributed by atoms with Crippen molar-refractivity contribution in [1.29, 1.82) is 0 Å². The third-order valence-electron chi connectivity index (χ3n) is 5.66. The molecule has 1 aromatic carbocycles. The molecule has 3 rings (SSSR count). The van der Waals surface area contributed by atoms with Crippen LogP contribution < -0.4 is 10.1 Å². The van der Waals surface area contributed by atoms with Gasteiger partial charge < -0.3 is 54.9 Å². The first-order valence-electron chi connectivity index (χ1n) is 10.7. The summed E-state index contributed by atoms with van der Waals surface area (Å²) in [7, 11) is 0. The Balaban J connectivity index is 1.88. The Morgan fingerprint density at radius 2 is 1.54 bits per heavy atom. The molecule has 0 unspecified atom stereocenters. The number of hydrogen-bond acceptors (Lipinski definition) is 13. The van der Waals surface area contributed by atoms with E-state index in [2.05, 4.69) is 5.32 Å². The van der Waals surface area contributed by atoms with E-state index in [0.717, 1.165) is 0 Å². The minimum atomic E-state index is -1.80. The standard InChI is InChI=1S/C20H28N2O13/c1-8(25)21-13-18(35-20-17(29)16(28)14(26)11(6-23)34-20)15(27)12(7-24)33-19(13)32-10-4-2-9(3-5-10)22(30)31/h2-5,11-20,23-24,26-29H,6-7H2,1H3,(H,21,25)/t11-,12-,13-,14-,15-,16-,17-,18+,19+,20-/m0/s1. The molecule has 10 atom stereocenters. The number of aliphatic hydroxyl groups is 6. The maximum absolute atomic E-state index is 11.9. The van der Waals surface area contributed by atoms with Gasteiger partial charge in [-0.05, 0) is 12.1 Å². The number of rotatable bonds is 8. The minimum absolute atomic E-state index is 0.0932. The predicted octanol–water partition coefficient (Wildman–Crippen LogP) is -3.26. The number of nitro groups is 1. The quantitative estimate of drug-likeness (QED) is 0.136. The van der Waals surface area contributed by atoms with Crippen LogP contribution in [0.2, 0.25) is 0 Å². The number of nitrogens with one attached hydrogen (secondary N) is 1. The van der Waals surface area contributed by atoms with Gasteiger partial charge in [-0.3, -0.25) is 14.9 Å². The van der Waals surface area contributed by atoms with Gasteiger partial charge in [-0.2, -0.15) is 0 Å². The average Bonchev–Trinajstić information content (AvgIpc) is 2.82. The van der Waals surface area contributed by atoms with Crippen LogP contribution >= 0.6 is 0 Å². The molecule has 2 saturated heterocycles. The Bertz CT molecular complexity index is 869. The topological polar surface area (TPSA) is 231 Å². The molecule has 0 bridgehead atoms. The fraction of sp³-hybridized carbons (Fsp3) is 0.650. The zero-order valence-electron chi connectivity index (χ0n) is 18.5. The molecular weight excluding hydrogens is 476 g/mol. The average molecular weight is 504 g/mol. The molecule has 0 radical (unpaired) electrons. The number of non-ortho nitro benzene ring substituents is 1. The van der Waals surface area contributed by atoms with Crippen molar-refractivity contribution in [1.82, 2.24) is 5.32 Å². The Labute approximate surface area is 198 Å². The summed E-state index contributed by atoms with van der Waals surface area (Å²) in [5.74, 6) is -0.497. The van der Waals surface area contributed by atoms with Crippen LogP contribution in [-0.2, 0) is 19.0 Å². The van der Waals surface area contributed by atoms with E-state index in [1.54, 1.807) is 0 Å². The zero-order valence-corrected chi connectivity index (χ0v) is 18.5. The summed E-state index contributed by atoms with van der Waals surface area (Å²) in [6.45, 7) is -0.262. The predicted molar refractivity (Wildman–Crippen MR) is 112 cm³/mol. The summed E-state index contributed by atoms with van der Waals surface area (Å²) in [6, 6.07) is 3.63. The summed E-state index contributed by atoms with van der Waals surface area (Å²) in [6.07, 6.45) is -13.9. The Kier molecular flexibility index (Phi) is 8.92. The van der Waals surface area contributed by atoms with Gasteiger partial charge in [0.15, 0.2) is 6.29 Å². The molecule has 2 aliphatic heterocycles. The maximum Gasteiger partial charge on any atom is 0.269 e. The summed E-state index contributed by atoms with van der Waals surface area (Å²) in [4.78, 5) is 22.2. The molecule has 1 aromatic rings. The van der Waals surface area contributed by atoms with Crippen LogP contribution in [0.4, 0.5) is 5.69 Å². The van der Waals surface area contributed by atoms with E-state index in [0.29, 0.717) is 0 Å². The number of hydrogen-bond donors (Lipinski definition) is 7. The lowest BCUT2D eigenvalue weighted by atomic mass is 9.95. The van der Waals surface area contributed by atoms with Crippen molar-refractivity contribution in [2.45, 2.75) is 68.3 Å². The van der Waals surface area contributed by atoms with E-state index in [9.17, 15) is 45.5 Å². The van der Waals surface area contributed by atoms with Crippen molar-refractivity contribution >= 4 is 11.6 Å². The molecule has 7 N–H and O–H groups in total. The van der Waals surface area contributed by atoms with Gasteiger partial charge in [-0.25, -0.2) is 0 Å². The normalized spacial score (nSPS) is 37.5. The number of nitro benzene ring substituents is 1. The number of aliphatic hydroxyl groups excluding tert-OH is 6. The highest BCUT2D eigenvalue weighted by Crippen LogP contribution is 2.31. The number of ether oxygens (including phenoxy) is 4. The summed E-state index contributed by atoms with van der Waals surface area (Å²) >= 11 is 0. The molecule has 0 aliphatic carbocycles. The van der Waals surface area contributed by atoms with E-state index >= 15 is 0 Å². The second-order valence-electron chi connectivity index (χ2n) is 8.11. The van der Waals surface area contributed by atoms with Crippen molar-refractivity contribution in [2.75, 3.05) is 13.2 Å². The molecule has 15 nitrogen and oxygen atoms in total. The van der Waals surface area contributed by atoms with Crippen LogP contribution in [0.5, 0.6) is 5.75 Å². The van der Waals surface area contributed by atoms with E-state index in [4.69, 9.17) is 18.9 Å². The van der Waals surface area contributed by atoms with Crippen molar-refractivity contribution < 1.29 is 59.3 Å². The van der Waals surface area contributed by atoms with Crippen LogP contribution in [0, 0.1) is 10.1 Å². The molecule has 35 heavy (non-hydrogen) atoms. The lowest BCUT2D eigenvalue weighted by molar-refractivity contribution is -0.384. The number of carbonyl (C=O) groups excluding carboxylic acids is 1. The summed E-state index contributed by atoms with van der Waals surface area (Å²) in [5, 5.41) is 73.6. The van der Waals surface area contributed by atoms with Gasteiger partial charge in [-0.15, -0.1) is 0 Å².